The highest BCUT2D eigenvalue weighted by Crippen LogP contribution is 2.48. The Morgan fingerprint density at radius 1 is 0.867 bits per heavy atom. The first kappa shape index (κ1) is 31.5. The molecule has 5 rings (SSSR count). The molecule has 45 heavy (non-hydrogen) atoms. The second-order valence-corrected chi connectivity index (χ2v) is 11.0. The molecule has 1 heterocycles. The minimum atomic E-state index is -0.844. The molecule has 1 aliphatic heterocycles. The lowest BCUT2D eigenvalue weighted by atomic mass is 9.69. The quantitative estimate of drug-likeness (QED) is 0.193. The van der Waals surface area contributed by atoms with Crippen molar-refractivity contribution in [3.63, 3.8) is 0 Å². The van der Waals surface area contributed by atoms with E-state index in [0.29, 0.717) is 52.8 Å². The van der Waals surface area contributed by atoms with Crippen LogP contribution in [0.1, 0.15) is 62.1 Å². The highest BCUT2D eigenvalue weighted by molar-refractivity contribution is 6.09. The standard InChI is InChI=1S/C36H37NO8/c1-6-43-32-19-25(13-15-30(32)45-22(3)38)34-33(36(40)44-20-23-10-8-7-9-11-23)21(2)37-27-16-26(17-28(39)35(27)34)24-12-14-29(41-4)31(18-24)42-5/h7-15,18-19,26,33-34H,6,16-17,20H2,1-5H3. The first-order valence-corrected chi connectivity index (χ1v) is 14.9. The number of hydrogen-bond donors (Lipinski definition) is 0. The second-order valence-electron chi connectivity index (χ2n) is 11.0. The Kier molecular flexibility index (Phi) is 9.66. The zero-order valence-corrected chi connectivity index (χ0v) is 26.1. The van der Waals surface area contributed by atoms with E-state index in [1.165, 1.54) is 6.92 Å². The number of carbonyl (C=O) groups is 3. The maximum absolute atomic E-state index is 14.1. The van der Waals surface area contributed by atoms with Crippen molar-refractivity contribution in [3.05, 3.63) is 94.7 Å². The van der Waals surface area contributed by atoms with Crippen LogP contribution in [0.3, 0.4) is 0 Å². The maximum Gasteiger partial charge on any atom is 0.315 e. The molecule has 9 nitrogen and oxygen atoms in total. The Balaban J connectivity index is 1.56. The van der Waals surface area contributed by atoms with Gasteiger partial charge in [-0.05, 0) is 67.1 Å². The van der Waals surface area contributed by atoms with Gasteiger partial charge in [0.1, 0.15) is 12.5 Å². The third-order valence-electron chi connectivity index (χ3n) is 8.13. The summed E-state index contributed by atoms with van der Waals surface area (Å²) < 4.78 is 27.9. The van der Waals surface area contributed by atoms with Gasteiger partial charge in [-0.25, -0.2) is 0 Å². The van der Waals surface area contributed by atoms with Gasteiger partial charge in [0.05, 0.1) is 20.8 Å². The number of benzene rings is 3. The van der Waals surface area contributed by atoms with Crippen LogP contribution >= 0.6 is 0 Å². The van der Waals surface area contributed by atoms with Crippen LogP contribution in [-0.2, 0) is 25.7 Å². The molecule has 3 aromatic carbocycles. The Morgan fingerprint density at radius 2 is 1.56 bits per heavy atom. The van der Waals surface area contributed by atoms with E-state index in [0.717, 1.165) is 11.1 Å². The molecule has 3 aromatic rings. The van der Waals surface area contributed by atoms with Gasteiger partial charge in [0.25, 0.3) is 0 Å². The molecule has 0 amide bonds. The molecule has 1 aliphatic carbocycles. The van der Waals surface area contributed by atoms with E-state index in [1.807, 2.05) is 55.5 Å². The van der Waals surface area contributed by atoms with Gasteiger partial charge in [-0.2, -0.15) is 0 Å². The fraction of sp³-hybridized carbons (Fsp3) is 0.333. The van der Waals surface area contributed by atoms with Crippen molar-refractivity contribution in [2.24, 2.45) is 10.9 Å². The minimum absolute atomic E-state index is 0.0903. The molecule has 3 atom stereocenters. The highest BCUT2D eigenvalue weighted by atomic mass is 16.6. The molecule has 0 fully saturated rings. The number of Topliss-reactive ketones (excluding diaryl/α,β-unsaturated/α-hetero) is 1. The lowest BCUT2D eigenvalue weighted by Gasteiger charge is -2.36. The molecule has 0 saturated carbocycles. The number of aliphatic imine (C=N–C) groups is 1. The molecule has 0 saturated heterocycles. The summed E-state index contributed by atoms with van der Waals surface area (Å²) in [7, 11) is 3.16. The summed E-state index contributed by atoms with van der Waals surface area (Å²) in [6.45, 7) is 5.35. The van der Waals surface area contributed by atoms with Crippen LogP contribution in [0.4, 0.5) is 0 Å². The summed E-state index contributed by atoms with van der Waals surface area (Å²) in [6, 6.07) is 20.2. The largest absolute Gasteiger partial charge is 0.493 e. The summed E-state index contributed by atoms with van der Waals surface area (Å²) >= 11 is 0. The summed E-state index contributed by atoms with van der Waals surface area (Å²) in [5.74, 6) is -0.928. The number of rotatable bonds is 10. The van der Waals surface area contributed by atoms with E-state index in [1.54, 1.807) is 39.3 Å². The number of carbonyl (C=O) groups excluding carboxylic acids is 3. The Labute approximate surface area is 262 Å². The van der Waals surface area contributed by atoms with Crippen LogP contribution in [0.2, 0.25) is 0 Å². The van der Waals surface area contributed by atoms with E-state index >= 15 is 0 Å². The van der Waals surface area contributed by atoms with Crippen molar-refractivity contribution in [3.8, 4) is 23.0 Å². The van der Waals surface area contributed by atoms with E-state index in [4.69, 9.17) is 28.7 Å². The monoisotopic (exact) mass is 611 g/mol. The predicted octanol–water partition coefficient (Wildman–Crippen LogP) is 6.35. The summed E-state index contributed by atoms with van der Waals surface area (Å²) in [5.41, 5.74) is 4.13. The molecule has 2 aliphatic rings. The van der Waals surface area contributed by atoms with Gasteiger partial charge in [-0.1, -0.05) is 42.5 Å². The number of ether oxygens (including phenoxy) is 5. The third-order valence-corrected chi connectivity index (χ3v) is 8.13. The fourth-order valence-electron chi connectivity index (χ4n) is 6.11. The van der Waals surface area contributed by atoms with E-state index in [2.05, 4.69) is 0 Å². The Bertz CT molecular complexity index is 1660. The van der Waals surface area contributed by atoms with E-state index in [-0.39, 0.29) is 30.5 Å². The van der Waals surface area contributed by atoms with Crippen LogP contribution in [0, 0.1) is 5.92 Å². The lowest BCUT2D eigenvalue weighted by molar-refractivity contribution is -0.148. The van der Waals surface area contributed by atoms with Crippen molar-refractivity contribution in [2.75, 3.05) is 20.8 Å². The topological polar surface area (TPSA) is 110 Å². The van der Waals surface area contributed by atoms with E-state index in [9.17, 15) is 14.4 Å². The lowest BCUT2D eigenvalue weighted by Crippen LogP contribution is -2.38. The number of esters is 2. The number of nitrogens with zero attached hydrogens (tertiary/aromatic N) is 1. The van der Waals surface area contributed by atoms with Crippen LogP contribution in [0.25, 0.3) is 0 Å². The Hall–Kier alpha value is -4.92. The molecule has 0 bridgehead atoms. The van der Waals surface area contributed by atoms with Crippen LogP contribution in [0.5, 0.6) is 23.0 Å². The second kappa shape index (κ2) is 13.8. The molecule has 3 unspecified atom stereocenters. The average molecular weight is 612 g/mol. The molecule has 234 valence electrons. The van der Waals surface area contributed by atoms with Crippen molar-refractivity contribution in [2.45, 2.75) is 52.1 Å². The zero-order valence-electron chi connectivity index (χ0n) is 26.1. The maximum atomic E-state index is 14.1. The molecule has 0 spiro atoms. The molecule has 0 N–H and O–H groups in total. The zero-order chi connectivity index (χ0) is 32.1. The van der Waals surface area contributed by atoms with Crippen molar-refractivity contribution in [1.82, 2.24) is 0 Å². The van der Waals surface area contributed by atoms with Gasteiger partial charge in [-0.15, -0.1) is 0 Å². The number of hydrogen-bond acceptors (Lipinski definition) is 9. The first-order valence-electron chi connectivity index (χ1n) is 14.9. The summed E-state index contributed by atoms with van der Waals surface area (Å²) in [6.07, 6.45) is 0.731. The van der Waals surface area contributed by atoms with Crippen molar-refractivity contribution >= 4 is 23.4 Å². The molecule has 0 aromatic heterocycles. The Morgan fingerprint density at radius 3 is 2.24 bits per heavy atom. The molecule has 0 radical (unpaired) electrons. The van der Waals surface area contributed by atoms with Crippen molar-refractivity contribution in [1.29, 1.82) is 0 Å². The SMILES string of the molecule is CCOc1cc(C2C3=C(CC(c4ccc(OC)c(OC)c4)CC3=O)N=C(C)C2C(=O)OCc2ccccc2)ccc1OC(C)=O. The van der Waals surface area contributed by atoms with Crippen LogP contribution in [-0.4, -0.2) is 44.3 Å². The highest BCUT2D eigenvalue weighted by Gasteiger charge is 2.45. The number of ketones is 1. The van der Waals surface area contributed by atoms with Gasteiger partial charge in [-0.3, -0.25) is 19.4 Å². The van der Waals surface area contributed by atoms with Crippen LogP contribution < -0.4 is 18.9 Å². The van der Waals surface area contributed by atoms with Gasteiger partial charge in [0.2, 0.25) is 0 Å². The summed E-state index contributed by atoms with van der Waals surface area (Å²) in [4.78, 5) is 44.6. The van der Waals surface area contributed by atoms with Crippen molar-refractivity contribution < 1.29 is 38.1 Å². The molecular weight excluding hydrogens is 574 g/mol. The average Bonchev–Trinajstić information content (AvgIpc) is 3.03. The van der Waals surface area contributed by atoms with Gasteiger partial charge in [0, 0.05) is 36.2 Å². The normalized spacial score (nSPS) is 19.3. The molecular formula is C36H37NO8. The number of allylic oxidation sites excluding steroid dienone is 2. The minimum Gasteiger partial charge on any atom is -0.493 e. The van der Waals surface area contributed by atoms with Gasteiger partial charge < -0.3 is 23.7 Å². The number of methoxy groups -OCH3 is 2. The fourth-order valence-corrected chi connectivity index (χ4v) is 6.11. The third kappa shape index (κ3) is 6.77. The smallest absolute Gasteiger partial charge is 0.315 e. The van der Waals surface area contributed by atoms with E-state index < -0.39 is 23.8 Å². The van der Waals surface area contributed by atoms with Gasteiger partial charge >= 0.3 is 11.9 Å². The van der Waals surface area contributed by atoms with Gasteiger partial charge in [0.15, 0.2) is 28.8 Å². The predicted molar refractivity (Wildman–Crippen MR) is 168 cm³/mol. The molecule has 9 heteroatoms. The van der Waals surface area contributed by atoms with Crippen LogP contribution in [0.15, 0.2) is 83.0 Å². The first-order chi connectivity index (χ1) is 21.7. The summed E-state index contributed by atoms with van der Waals surface area (Å²) in [5, 5.41) is 0.